The van der Waals surface area contributed by atoms with Gasteiger partial charge in [-0.05, 0) is 34.9 Å². The molecule has 1 aliphatic heterocycles. The van der Waals surface area contributed by atoms with Crippen molar-refractivity contribution in [2.45, 2.75) is 25.2 Å². The molecular formula is C17H20N2O2S. The van der Waals surface area contributed by atoms with Gasteiger partial charge in [-0.15, -0.1) is 0 Å². The Labute approximate surface area is 134 Å². The molecule has 0 spiro atoms. The Hall–Kier alpha value is -1.69. The summed E-state index contributed by atoms with van der Waals surface area (Å²) in [5, 5.41) is 4.10. The molecule has 3 rings (SSSR count). The lowest BCUT2D eigenvalue weighted by Gasteiger charge is -2.37. The fourth-order valence-corrected chi connectivity index (χ4v) is 3.48. The van der Waals surface area contributed by atoms with Gasteiger partial charge < -0.3 is 15.4 Å². The van der Waals surface area contributed by atoms with Crippen LogP contribution in [0.1, 0.15) is 30.2 Å². The summed E-state index contributed by atoms with van der Waals surface area (Å²) in [6, 6.07) is 10.9. The molecule has 1 aliphatic rings. The highest BCUT2D eigenvalue weighted by Crippen LogP contribution is 2.28. The molecule has 2 aromatic rings. The van der Waals surface area contributed by atoms with Crippen molar-refractivity contribution in [2.75, 3.05) is 13.1 Å². The third-order valence-corrected chi connectivity index (χ3v) is 4.61. The smallest absolute Gasteiger partial charge is 0.244 e. The number of nitrogens with two attached hydrogens (primary N) is 1. The van der Waals surface area contributed by atoms with Gasteiger partial charge >= 0.3 is 0 Å². The minimum Gasteiger partial charge on any atom is -0.367 e. The molecule has 0 saturated carbocycles. The van der Waals surface area contributed by atoms with Crippen molar-refractivity contribution in [3.63, 3.8) is 0 Å². The summed E-state index contributed by atoms with van der Waals surface area (Å²) >= 11 is 1.64. The summed E-state index contributed by atoms with van der Waals surface area (Å²) in [5.41, 5.74) is 8.12. The molecule has 1 aromatic carbocycles. The number of carbonyl (C=O) groups excluding carboxylic acids is 1. The number of rotatable bonds is 3. The molecule has 0 bridgehead atoms. The summed E-state index contributed by atoms with van der Waals surface area (Å²) in [6.07, 6.45) is -0.0625. The van der Waals surface area contributed by atoms with E-state index < -0.39 is 6.04 Å². The number of morpholine rings is 1. The first-order chi connectivity index (χ1) is 10.6. The van der Waals surface area contributed by atoms with Crippen LogP contribution in [0.3, 0.4) is 0 Å². The van der Waals surface area contributed by atoms with Crippen molar-refractivity contribution in [1.29, 1.82) is 0 Å². The van der Waals surface area contributed by atoms with Crippen LogP contribution in [0, 0.1) is 0 Å². The fourth-order valence-electron chi connectivity index (χ4n) is 2.77. The molecule has 2 heterocycles. The van der Waals surface area contributed by atoms with Crippen molar-refractivity contribution in [3.8, 4) is 0 Å². The van der Waals surface area contributed by atoms with E-state index in [1.54, 1.807) is 11.3 Å². The van der Waals surface area contributed by atoms with E-state index in [-0.39, 0.29) is 18.1 Å². The Morgan fingerprint density at radius 3 is 2.77 bits per heavy atom. The van der Waals surface area contributed by atoms with E-state index in [4.69, 9.17) is 10.5 Å². The molecule has 4 nitrogen and oxygen atoms in total. The second-order valence-corrected chi connectivity index (χ2v) is 6.40. The van der Waals surface area contributed by atoms with E-state index in [0.29, 0.717) is 13.1 Å². The number of nitrogens with zero attached hydrogens (tertiary/aromatic N) is 1. The summed E-state index contributed by atoms with van der Waals surface area (Å²) in [7, 11) is 0. The number of hydrogen-bond donors (Lipinski definition) is 1. The fraction of sp³-hybridized carbons (Fsp3) is 0.353. The molecular weight excluding hydrogens is 296 g/mol. The van der Waals surface area contributed by atoms with Crippen molar-refractivity contribution < 1.29 is 9.53 Å². The molecule has 3 unspecified atom stereocenters. The predicted molar refractivity (Wildman–Crippen MR) is 87.6 cm³/mol. The molecule has 22 heavy (non-hydrogen) atoms. The normalized spacial score (nSPS) is 23.3. The second kappa shape index (κ2) is 6.60. The van der Waals surface area contributed by atoms with E-state index in [1.165, 1.54) is 0 Å². The van der Waals surface area contributed by atoms with Gasteiger partial charge in [0.05, 0.1) is 12.6 Å². The second-order valence-electron chi connectivity index (χ2n) is 5.62. The Kier molecular flexibility index (Phi) is 4.57. The third kappa shape index (κ3) is 3.21. The summed E-state index contributed by atoms with van der Waals surface area (Å²) in [4.78, 5) is 14.5. The number of benzene rings is 1. The third-order valence-electron chi connectivity index (χ3n) is 3.91. The van der Waals surface area contributed by atoms with Crippen molar-refractivity contribution in [3.05, 3.63) is 58.3 Å². The molecule has 2 N–H and O–H groups in total. The number of hydrogen-bond acceptors (Lipinski definition) is 4. The molecule has 0 aliphatic carbocycles. The lowest BCUT2D eigenvalue weighted by Crippen LogP contribution is -2.48. The quantitative estimate of drug-likeness (QED) is 0.947. The van der Waals surface area contributed by atoms with Gasteiger partial charge in [-0.25, -0.2) is 0 Å². The topological polar surface area (TPSA) is 55.6 Å². The van der Waals surface area contributed by atoms with Crippen LogP contribution in [-0.2, 0) is 9.53 Å². The predicted octanol–water partition coefficient (Wildman–Crippen LogP) is 2.74. The van der Waals surface area contributed by atoms with Gasteiger partial charge in [0.15, 0.2) is 0 Å². The van der Waals surface area contributed by atoms with Crippen LogP contribution in [-0.4, -0.2) is 30.0 Å². The zero-order valence-corrected chi connectivity index (χ0v) is 13.3. The first kappa shape index (κ1) is 15.2. The maximum atomic E-state index is 12.7. The first-order valence-corrected chi connectivity index (χ1v) is 8.36. The Morgan fingerprint density at radius 1 is 1.32 bits per heavy atom. The van der Waals surface area contributed by atoms with E-state index in [1.807, 2.05) is 53.6 Å². The first-order valence-electron chi connectivity index (χ1n) is 7.42. The number of ether oxygens (including phenoxy) is 1. The lowest BCUT2D eigenvalue weighted by molar-refractivity contribution is -0.146. The molecule has 1 amide bonds. The maximum Gasteiger partial charge on any atom is 0.244 e. The Bertz CT molecular complexity index is 615. The SMILES string of the molecule is CC1CN(C(=O)C(N)c2ccccc2)CC(c2ccsc2)O1. The van der Waals surface area contributed by atoms with Crippen LogP contribution < -0.4 is 5.73 Å². The van der Waals surface area contributed by atoms with Crippen molar-refractivity contribution in [2.24, 2.45) is 5.73 Å². The van der Waals surface area contributed by atoms with E-state index in [2.05, 4.69) is 5.38 Å². The zero-order chi connectivity index (χ0) is 15.5. The minimum atomic E-state index is -0.616. The largest absolute Gasteiger partial charge is 0.367 e. The number of amides is 1. The van der Waals surface area contributed by atoms with Crippen molar-refractivity contribution in [1.82, 2.24) is 4.90 Å². The molecule has 1 fully saturated rings. The molecule has 3 atom stereocenters. The molecule has 5 heteroatoms. The highest BCUT2D eigenvalue weighted by Gasteiger charge is 2.32. The highest BCUT2D eigenvalue weighted by molar-refractivity contribution is 7.07. The number of thiophene rings is 1. The van der Waals surface area contributed by atoms with Crippen LogP contribution >= 0.6 is 11.3 Å². The van der Waals surface area contributed by atoms with Crippen LogP contribution in [0.4, 0.5) is 0 Å². The van der Waals surface area contributed by atoms with Gasteiger partial charge in [-0.2, -0.15) is 11.3 Å². The van der Waals surface area contributed by atoms with Gasteiger partial charge in [-0.3, -0.25) is 4.79 Å². The average Bonchev–Trinajstić information content (AvgIpc) is 3.08. The van der Waals surface area contributed by atoms with Gasteiger partial charge in [-0.1, -0.05) is 30.3 Å². The Morgan fingerprint density at radius 2 is 2.09 bits per heavy atom. The van der Waals surface area contributed by atoms with Gasteiger partial charge in [0.1, 0.15) is 12.1 Å². The van der Waals surface area contributed by atoms with Crippen LogP contribution in [0.25, 0.3) is 0 Å². The zero-order valence-electron chi connectivity index (χ0n) is 12.5. The van der Waals surface area contributed by atoms with Crippen LogP contribution in [0.2, 0.25) is 0 Å². The van der Waals surface area contributed by atoms with Crippen LogP contribution in [0.5, 0.6) is 0 Å². The van der Waals surface area contributed by atoms with E-state index >= 15 is 0 Å². The van der Waals surface area contributed by atoms with E-state index in [0.717, 1.165) is 11.1 Å². The summed E-state index contributed by atoms with van der Waals surface area (Å²) in [5.74, 6) is -0.0402. The summed E-state index contributed by atoms with van der Waals surface area (Å²) < 4.78 is 5.97. The lowest BCUT2D eigenvalue weighted by atomic mass is 10.0. The molecule has 116 valence electrons. The van der Waals surface area contributed by atoms with Gasteiger partial charge in [0, 0.05) is 6.54 Å². The minimum absolute atomic E-state index is 0.00516. The Balaban J connectivity index is 1.74. The molecule has 1 aromatic heterocycles. The molecule has 0 radical (unpaired) electrons. The van der Waals surface area contributed by atoms with Gasteiger partial charge in [0.25, 0.3) is 0 Å². The maximum absolute atomic E-state index is 12.7. The average molecular weight is 316 g/mol. The monoisotopic (exact) mass is 316 g/mol. The number of carbonyl (C=O) groups is 1. The van der Waals surface area contributed by atoms with Crippen molar-refractivity contribution >= 4 is 17.2 Å². The summed E-state index contributed by atoms with van der Waals surface area (Å²) in [6.45, 7) is 3.13. The standard InChI is InChI=1S/C17H20N2O2S/c1-12-9-19(10-15(21-12)14-7-8-22-11-14)17(20)16(18)13-5-3-2-4-6-13/h2-8,11-12,15-16H,9-10,18H2,1H3. The highest BCUT2D eigenvalue weighted by atomic mass is 32.1. The van der Waals surface area contributed by atoms with Crippen LogP contribution in [0.15, 0.2) is 47.2 Å². The van der Waals surface area contributed by atoms with E-state index in [9.17, 15) is 4.79 Å². The molecule has 1 saturated heterocycles. The van der Waals surface area contributed by atoms with Gasteiger partial charge in [0.2, 0.25) is 5.91 Å².